The van der Waals surface area contributed by atoms with Crippen molar-refractivity contribution in [3.8, 4) is 0 Å². The summed E-state index contributed by atoms with van der Waals surface area (Å²) in [6.45, 7) is 2.46. The summed E-state index contributed by atoms with van der Waals surface area (Å²) < 4.78 is 6.79. The van der Waals surface area contributed by atoms with Gasteiger partial charge in [-0.15, -0.1) is 0 Å². The van der Waals surface area contributed by atoms with E-state index < -0.39 is 11.6 Å². The molecule has 5 heteroatoms. The number of likely N-dealkylation sites (N-methyl/N-ethyl adjacent to an activating group) is 1. The number of ether oxygens (including phenoxy) is 1. The van der Waals surface area contributed by atoms with Gasteiger partial charge in [0.25, 0.3) is 0 Å². The Morgan fingerprint density at radius 2 is 1.90 bits per heavy atom. The normalized spacial score (nSPS) is 25.9. The molecule has 1 aromatic carbocycles. The van der Waals surface area contributed by atoms with E-state index in [1.807, 2.05) is 42.6 Å². The largest absolute Gasteiger partial charge is 0.457 e. The Kier molecular flexibility index (Phi) is 6.73. The summed E-state index contributed by atoms with van der Waals surface area (Å²) in [4.78, 5) is 17.5. The molecule has 2 unspecified atom stereocenters. The van der Waals surface area contributed by atoms with Gasteiger partial charge in [-0.2, -0.15) is 0 Å². The van der Waals surface area contributed by atoms with Crippen molar-refractivity contribution in [3.63, 3.8) is 0 Å². The van der Waals surface area contributed by atoms with Gasteiger partial charge in [-0.1, -0.05) is 49.2 Å². The van der Waals surface area contributed by atoms with Crippen LogP contribution in [0.25, 0.3) is 0 Å². The summed E-state index contributed by atoms with van der Waals surface area (Å²) in [6, 6.07) is 13.7. The van der Waals surface area contributed by atoms with Gasteiger partial charge >= 0.3 is 5.97 Å². The minimum Gasteiger partial charge on any atom is -0.457 e. The van der Waals surface area contributed by atoms with Crippen LogP contribution in [0, 0.1) is 5.92 Å². The smallest absolute Gasteiger partial charge is 0.343 e. The predicted molar refractivity (Wildman–Crippen MR) is 120 cm³/mol. The van der Waals surface area contributed by atoms with Crippen LogP contribution in [-0.2, 0) is 21.6 Å². The number of carbonyl (C=O) groups excluding carboxylic acids is 1. The molecular formula is C26H35N2O3+. The second-order valence-corrected chi connectivity index (χ2v) is 9.55. The van der Waals surface area contributed by atoms with Crippen molar-refractivity contribution in [1.29, 1.82) is 0 Å². The quantitative estimate of drug-likeness (QED) is 0.517. The van der Waals surface area contributed by atoms with Crippen molar-refractivity contribution in [2.45, 2.75) is 56.6 Å². The zero-order chi connectivity index (χ0) is 21.7. The van der Waals surface area contributed by atoms with Gasteiger partial charge < -0.3 is 14.3 Å². The van der Waals surface area contributed by atoms with E-state index in [9.17, 15) is 9.90 Å². The van der Waals surface area contributed by atoms with E-state index in [1.165, 1.54) is 5.56 Å². The van der Waals surface area contributed by atoms with Crippen LogP contribution in [0.4, 0.5) is 0 Å². The van der Waals surface area contributed by atoms with Crippen molar-refractivity contribution in [1.82, 2.24) is 4.98 Å². The number of quaternary nitrogens is 1. The molecule has 0 amide bonds. The predicted octanol–water partition coefficient (Wildman–Crippen LogP) is 3.85. The van der Waals surface area contributed by atoms with Crippen molar-refractivity contribution < 1.29 is 19.1 Å². The van der Waals surface area contributed by atoms with Crippen LogP contribution in [0.1, 0.15) is 49.7 Å². The molecule has 31 heavy (non-hydrogen) atoms. The summed E-state index contributed by atoms with van der Waals surface area (Å²) in [5.41, 5.74) is 0.353. The van der Waals surface area contributed by atoms with Gasteiger partial charge in [-0.25, -0.2) is 4.79 Å². The van der Waals surface area contributed by atoms with Gasteiger partial charge in [0.05, 0.1) is 20.1 Å². The zero-order valence-electron chi connectivity index (χ0n) is 18.6. The lowest BCUT2D eigenvalue weighted by atomic mass is 9.80. The van der Waals surface area contributed by atoms with E-state index >= 15 is 0 Å². The maximum atomic E-state index is 13.3. The van der Waals surface area contributed by atoms with Crippen molar-refractivity contribution in [3.05, 3.63) is 66.0 Å². The van der Waals surface area contributed by atoms with Crippen LogP contribution in [0.2, 0.25) is 0 Å². The first-order valence-corrected chi connectivity index (χ1v) is 11.7. The average Bonchev–Trinajstić information content (AvgIpc) is 3.48. The number of carbonyl (C=O) groups is 1. The maximum Gasteiger partial charge on any atom is 0.343 e. The summed E-state index contributed by atoms with van der Waals surface area (Å²) in [7, 11) is 2.27. The highest BCUT2D eigenvalue weighted by Crippen LogP contribution is 2.41. The third kappa shape index (κ3) is 4.68. The summed E-state index contributed by atoms with van der Waals surface area (Å²) in [6.07, 6.45) is 10.7. The van der Waals surface area contributed by atoms with Gasteiger partial charge in [0.1, 0.15) is 12.6 Å². The SMILES string of the molecule is C[N+]1(CCc2cccnc2)CCCC1COC(=O)[C@](O)(c1ccccc1)C1CCCC1. The Morgan fingerprint density at radius 1 is 1.13 bits per heavy atom. The van der Waals surface area contributed by atoms with Crippen LogP contribution in [0.15, 0.2) is 54.9 Å². The van der Waals surface area contributed by atoms with E-state index in [4.69, 9.17) is 4.74 Å². The molecule has 0 spiro atoms. The molecule has 0 radical (unpaired) electrons. The third-order valence-corrected chi connectivity index (χ3v) is 7.60. The lowest BCUT2D eigenvalue weighted by Crippen LogP contribution is -2.52. The molecule has 1 aromatic heterocycles. The van der Waals surface area contributed by atoms with Gasteiger partial charge in [0, 0.05) is 37.6 Å². The molecule has 1 aliphatic heterocycles. The average molecular weight is 424 g/mol. The number of rotatable bonds is 8. The van der Waals surface area contributed by atoms with E-state index in [1.54, 1.807) is 6.20 Å². The third-order valence-electron chi connectivity index (χ3n) is 7.60. The minimum atomic E-state index is -1.55. The first-order valence-electron chi connectivity index (χ1n) is 11.7. The molecule has 1 saturated carbocycles. The molecule has 2 aliphatic rings. The molecule has 0 bridgehead atoms. The van der Waals surface area contributed by atoms with Crippen molar-refractivity contribution in [2.75, 3.05) is 26.7 Å². The fraction of sp³-hybridized carbons (Fsp3) is 0.538. The molecule has 2 fully saturated rings. The summed E-state index contributed by atoms with van der Waals surface area (Å²) >= 11 is 0. The lowest BCUT2D eigenvalue weighted by Gasteiger charge is -2.37. The van der Waals surface area contributed by atoms with Crippen LogP contribution >= 0.6 is 0 Å². The van der Waals surface area contributed by atoms with E-state index in [2.05, 4.69) is 18.1 Å². The molecule has 1 N–H and O–H groups in total. The number of hydrogen-bond donors (Lipinski definition) is 1. The Morgan fingerprint density at radius 3 is 2.61 bits per heavy atom. The highest BCUT2D eigenvalue weighted by molar-refractivity contribution is 5.81. The van der Waals surface area contributed by atoms with E-state index in [-0.39, 0.29) is 12.0 Å². The Hall–Kier alpha value is -2.24. The zero-order valence-corrected chi connectivity index (χ0v) is 18.6. The maximum absolute atomic E-state index is 13.3. The van der Waals surface area contributed by atoms with Crippen molar-refractivity contribution in [2.24, 2.45) is 5.92 Å². The second kappa shape index (κ2) is 9.49. The Bertz CT molecular complexity index is 853. The van der Waals surface area contributed by atoms with E-state index in [0.29, 0.717) is 12.2 Å². The van der Waals surface area contributed by atoms with Crippen molar-refractivity contribution >= 4 is 5.97 Å². The van der Waals surface area contributed by atoms with Crippen LogP contribution in [-0.4, -0.2) is 53.3 Å². The molecule has 1 aliphatic carbocycles. The van der Waals surface area contributed by atoms with Gasteiger partial charge in [0.15, 0.2) is 5.60 Å². The van der Waals surface area contributed by atoms with Crippen LogP contribution in [0.3, 0.4) is 0 Å². The van der Waals surface area contributed by atoms with Gasteiger partial charge in [-0.05, 0) is 30.0 Å². The molecule has 166 valence electrons. The lowest BCUT2D eigenvalue weighted by molar-refractivity contribution is -0.921. The fourth-order valence-electron chi connectivity index (χ4n) is 5.51. The molecule has 2 heterocycles. The molecule has 1 saturated heterocycles. The van der Waals surface area contributed by atoms with E-state index in [0.717, 1.165) is 62.5 Å². The number of benzene rings is 1. The molecule has 5 nitrogen and oxygen atoms in total. The number of nitrogens with zero attached hydrogens (tertiary/aromatic N) is 2. The minimum absolute atomic E-state index is 0.0718. The molecule has 2 aromatic rings. The van der Waals surface area contributed by atoms with Gasteiger partial charge in [0.2, 0.25) is 0 Å². The topological polar surface area (TPSA) is 59.4 Å². The highest BCUT2D eigenvalue weighted by Gasteiger charge is 2.48. The first-order chi connectivity index (χ1) is 15.0. The summed E-state index contributed by atoms with van der Waals surface area (Å²) in [5.74, 6) is -0.547. The van der Waals surface area contributed by atoms with Crippen LogP contribution in [0.5, 0.6) is 0 Å². The monoisotopic (exact) mass is 423 g/mol. The summed E-state index contributed by atoms with van der Waals surface area (Å²) in [5, 5.41) is 11.6. The first kappa shape index (κ1) is 22.0. The number of pyridine rings is 1. The standard InChI is InChI=1S/C26H35N2O3/c1-28(18-15-21-9-7-16-27-19-21)17-8-14-24(28)20-31-25(29)26(30,23-12-5-6-13-23)22-10-3-2-4-11-22/h2-4,7,9-11,16,19,23-24,30H,5-6,8,12-15,17-18,20H2,1H3/q+1/t24?,26-,28?/m0/s1. The molecular weight excluding hydrogens is 388 g/mol. The molecule has 4 rings (SSSR count). The number of esters is 1. The number of hydrogen-bond acceptors (Lipinski definition) is 4. The fourth-order valence-corrected chi connectivity index (χ4v) is 5.51. The van der Waals surface area contributed by atoms with Crippen LogP contribution < -0.4 is 0 Å². The Labute approximate surface area is 185 Å². The molecule has 3 atom stereocenters. The Balaban J connectivity index is 1.43. The number of likely N-dealkylation sites (tertiary alicyclic amines) is 1. The number of aromatic nitrogens is 1. The number of aliphatic hydroxyl groups is 1. The highest BCUT2D eigenvalue weighted by atomic mass is 16.6. The van der Waals surface area contributed by atoms with Gasteiger partial charge in [-0.3, -0.25) is 4.98 Å². The second-order valence-electron chi connectivity index (χ2n) is 9.55.